The first-order valence-electron chi connectivity index (χ1n) is 8.30. The predicted octanol–water partition coefficient (Wildman–Crippen LogP) is 3.69. The average Bonchev–Trinajstić information content (AvgIpc) is 2.42. The van der Waals surface area contributed by atoms with Crippen LogP contribution in [0.15, 0.2) is 16.9 Å². The topological polar surface area (TPSA) is 36.1 Å². The lowest BCUT2D eigenvalue weighted by molar-refractivity contribution is 0.176. The molecule has 1 aromatic carbocycles. The Hall–Kier alpha value is -1.61. The third kappa shape index (κ3) is 2.82. The van der Waals surface area contributed by atoms with Crippen molar-refractivity contribution in [2.24, 2.45) is 5.92 Å². The third-order valence-corrected chi connectivity index (χ3v) is 4.88. The number of aromatic amines is 1. The van der Waals surface area contributed by atoms with Gasteiger partial charge >= 0.3 is 0 Å². The van der Waals surface area contributed by atoms with E-state index in [2.05, 4.69) is 35.9 Å². The first kappa shape index (κ1) is 15.3. The molecule has 1 fully saturated rings. The number of hydrogen-bond acceptors (Lipinski definition) is 2. The Morgan fingerprint density at radius 2 is 2.05 bits per heavy atom. The highest BCUT2D eigenvalue weighted by molar-refractivity contribution is 5.83. The molecule has 0 bridgehead atoms. The van der Waals surface area contributed by atoms with Gasteiger partial charge in [0.1, 0.15) is 0 Å². The van der Waals surface area contributed by atoms with Gasteiger partial charge in [-0.2, -0.15) is 0 Å². The zero-order chi connectivity index (χ0) is 15.9. The van der Waals surface area contributed by atoms with Crippen LogP contribution in [0.4, 0.5) is 0 Å². The first-order chi connectivity index (χ1) is 10.5. The van der Waals surface area contributed by atoms with Crippen LogP contribution in [0.2, 0.25) is 0 Å². The van der Waals surface area contributed by atoms with E-state index in [1.165, 1.54) is 18.4 Å². The Morgan fingerprint density at radius 3 is 2.77 bits per heavy atom. The van der Waals surface area contributed by atoms with Crippen molar-refractivity contribution in [1.29, 1.82) is 0 Å². The molecule has 22 heavy (non-hydrogen) atoms. The van der Waals surface area contributed by atoms with E-state index in [9.17, 15) is 4.79 Å². The van der Waals surface area contributed by atoms with Crippen LogP contribution in [0, 0.1) is 26.7 Å². The lowest BCUT2D eigenvalue weighted by Crippen LogP contribution is -2.35. The minimum absolute atomic E-state index is 0.210. The van der Waals surface area contributed by atoms with Crippen molar-refractivity contribution < 1.29 is 0 Å². The molecule has 1 N–H and O–H groups in total. The summed E-state index contributed by atoms with van der Waals surface area (Å²) >= 11 is 0. The van der Waals surface area contributed by atoms with E-state index in [4.69, 9.17) is 0 Å². The number of nitrogens with zero attached hydrogens (tertiary/aromatic N) is 1. The molecule has 1 atom stereocenters. The number of aromatic nitrogens is 1. The van der Waals surface area contributed by atoms with E-state index < -0.39 is 0 Å². The van der Waals surface area contributed by atoms with E-state index in [0.29, 0.717) is 0 Å². The SMILES string of the molecule is Cc1cc(C)c2c(=O)c(CN3CCC[C@@H](C)C3)c(C)[nH]c2c1. The normalized spacial score (nSPS) is 19.7. The van der Waals surface area contributed by atoms with Gasteiger partial charge in [0.25, 0.3) is 0 Å². The Morgan fingerprint density at radius 1 is 1.27 bits per heavy atom. The van der Waals surface area contributed by atoms with Crippen LogP contribution in [0.1, 0.15) is 42.1 Å². The minimum atomic E-state index is 0.210. The molecule has 0 saturated carbocycles. The number of hydrogen-bond donors (Lipinski definition) is 1. The molecule has 2 aromatic rings. The first-order valence-corrected chi connectivity index (χ1v) is 8.30. The number of likely N-dealkylation sites (tertiary alicyclic amines) is 1. The molecule has 0 unspecified atom stereocenters. The highest BCUT2D eigenvalue weighted by atomic mass is 16.1. The van der Waals surface area contributed by atoms with Gasteiger partial charge in [-0.25, -0.2) is 0 Å². The molecule has 1 saturated heterocycles. The Balaban J connectivity index is 2.04. The van der Waals surface area contributed by atoms with Crippen molar-refractivity contribution in [2.45, 2.75) is 47.1 Å². The van der Waals surface area contributed by atoms with Gasteiger partial charge in [0.05, 0.1) is 5.52 Å². The van der Waals surface area contributed by atoms with Crippen LogP contribution in [0.25, 0.3) is 10.9 Å². The quantitative estimate of drug-likeness (QED) is 0.918. The van der Waals surface area contributed by atoms with Gasteiger partial charge in [-0.05, 0) is 63.3 Å². The van der Waals surface area contributed by atoms with Crippen LogP contribution >= 0.6 is 0 Å². The molecule has 0 radical (unpaired) electrons. The fraction of sp³-hybridized carbons (Fsp3) is 0.526. The smallest absolute Gasteiger partial charge is 0.194 e. The summed E-state index contributed by atoms with van der Waals surface area (Å²) in [7, 11) is 0. The van der Waals surface area contributed by atoms with Gasteiger partial charge in [0.2, 0.25) is 0 Å². The van der Waals surface area contributed by atoms with E-state index >= 15 is 0 Å². The van der Waals surface area contributed by atoms with Crippen molar-refractivity contribution in [2.75, 3.05) is 13.1 Å². The van der Waals surface area contributed by atoms with Crippen molar-refractivity contribution >= 4 is 10.9 Å². The van der Waals surface area contributed by atoms with Crippen molar-refractivity contribution in [1.82, 2.24) is 9.88 Å². The highest BCUT2D eigenvalue weighted by Gasteiger charge is 2.19. The lowest BCUT2D eigenvalue weighted by Gasteiger charge is -2.31. The van der Waals surface area contributed by atoms with E-state index in [0.717, 1.165) is 53.3 Å². The fourth-order valence-electron chi connectivity index (χ4n) is 3.81. The van der Waals surface area contributed by atoms with Gasteiger partial charge in [-0.3, -0.25) is 9.69 Å². The van der Waals surface area contributed by atoms with Gasteiger partial charge < -0.3 is 4.98 Å². The lowest BCUT2D eigenvalue weighted by atomic mass is 9.98. The molecule has 0 amide bonds. The van der Waals surface area contributed by atoms with Gasteiger partial charge in [0, 0.05) is 29.7 Å². The number of benzene rings is 1. The molecule has 1 aromatic heterocycles. The van der Waals surface area contributed by atoms with Gasteiger partial charge in [0.15, 0.2) is 5.43 Å². The van der Waals surface area contributed by atoms with Crippen LogP contribution in [0.5, 0.6) is 0 Å². The number of nitrogens with one attached hydrogen (secondary N) is 1. The summed E-state index contributed by atoms with van der Waals surface area (Å²) in [4.78, 5) is 18.9. The van der Waals surface area contributed by atoms with Crippen LogP contribution in [-0.2, 0) is 6.54 Å². The second-order valence-electron chi connectivity index (χ2n) is 7.04. The monoisotopic (exact) mass is 298 g/mol. The summed E-state index contributed by atoms with van der Waals surface area (Å²) in [6.45, 7) is 11.4. The molecule has 118 valence electrons. The number of fused-ring (bicyclic) bond motifs is 1. The maximum atomic E-state index is 13.0. The van der Waals surface area contributed by atoms with E-state index in [1.54, 1.807) is 0 Å². The summed E-state index contributed by atoms with van der Waals surface area (Å²) in [6.07, 6.45) is 2.55. The largest absolute Gasteiger partial charge is 0.358 e. The summed E-state index contributed by atoms with van der Waals surface area (Å²) in [5.41, 5.74) is 5.40. The molecule has 2 heterocycles. The highest BCUT2D eigenvalue weighted by Crippen LogP contribution is 2.21. The molecule has 0 aliphatic carbocycles. The molecular weight excluding hydrogens is 272 g/mol. The standard InChI is InChI=1S/C19H26N2O/c1-12-6-5-7-21(10-12)11-16-15(4)20-17-9-13(2)8-14(3)18(17)19(16)22/h8-9,12H,5-7,10-11H2,1-4H3,(H,20,22)/t12-/m1/s1. The van der Waals surface area contributed by atoms with Gasteiger partial charge in [-0.1, -0.05) is 13.0 Å². The Bertz CT molecular complexity index is 760. The summed E-state index contributed by atoms with van der Waals surface area (Å²) in [5, 5.41) is 0.858. The number of rotatable bonds is 2. The molecule has 3 nitrogen and oxygen atoms in total. The van der Waals surface area contributed by atoms with Crippen molar-refractivity contribution in [3.63, 3.8) is 0 Å². The zero-order valence-corrected chi connectivity index (χ0v) is 14.1. The number of aryl methyl sites for hydroxylation is 3. The maximum Gasteiger partial charge on any atom is 0.194 e. The fourth-order valence-corrected chi connectivity index (χ4v) is 3.81. The van der Waals surface area contributed by atoms with E-state index in [-0.39, 0.29) is 5.43 Å². The molecular formula is C19H26N2O. The molecule has 3 rings (SSSR count). The van der Waals surface area contributed by atoms with Crippen LogP contribution in [-0.4, -0.2) is 23.0 Å². The minimum Gasteiger partial charge on any atom is -0.358 e. The third-order valence-electron chi connectivity index (χ3n) is 4.88. The van der Waals surface area contributed by atoms with Crippen molar-refractivity contribution in [3.05, 3.63) is 44.7 Å². The predicted molar refractivity (Wildman–Crippen MR) is 92.5 cm³/mol. The van der Waals surface area contributed by atoms with Crippen molar-refractivity contribution in [3.8, 4) is 0 Å². The maximum absolute atomic E-state index is 13.0. The number of pyridine rings is 1. The Kier molecular flexibility index (Phi) is 4.09. The molecule has 1 aliphatic heterocycles. The summed E-state index contributed by atoms with van der Waals surface area (Å²) in [6, 6.07) is 4.17. The molecule has 3 heteroatoms. The van der Waals surface area contributed by atoms with Gasteiger partial charge in [-0.15, -0.1) is 0 Å². The number of piperidine rings is 1. The molecule has 0 spiro atoms. The second-order valence-corrected chi connectivity index (χ2v) is 7.04. The van der Waals surface area contributed by atoms with E-state index in [1.807, 2.05) is 13.8 Å². The second kappa shape index (κ2) is 5.88. The zero-order valence-electron chi connectivity index (χ0n) is 14.1. The van der Waals surface area contributed by atoms with Crippen LogP contribution in [0.3, 0.4) is 0 Å². The summed E-state index contributed by atoms with van der Waals surface area (Å²) in [5.74, 6) is 0.734. The Labute approximate surface area is 132 Å². The average molecular weight is 298 g/mol. The molecule has 1 aliphatic rings. The van der Waals surface area contributed by atoms with Crippen LogP contribution < -0.4 is 5.43 Å². The summed E-state index contributed by atoms with van der Waals surface area (Å²) < 4.78 is 0. The number of H-pyrrole nitrogens is 1.